The molecule has 7 nitrogen and oxygen atoms in total. The van der Waals surface area contributed by atoms with Crippen molar-refractivity contribution in [2.75, 3.05) is 31.5 Å². The van der Waals surface area contributed by atoms with Gasteiger partial charge in [0.1, 0.15) is 17.2 Å². The molecule has 140 valence electrons. The van der Waals surface area contributed by atoms with Crippen LogP contribution in [-0.2, 0) is 4.79 Å². The largest absolute Gasteiger partial charge is 0.339 e. The van der Waals surface area contributed by atoms with E-state index in [2.05, 4.69) is 10.3 Å². The SMILES string of the molecule is CC(=O)N1CCN(C(=O)c2cccc(C(=O)Nc3cccc(F)c3)n2)CC1. The highest BCUT2D eigenvalue weighted by molar-refractivity contribution is 6.03. The Morgan fingerprint density at radius 3 is 2.26 bits per heavy atom. The van der Waals surface area contributed by atoms with Crippen LogP contribution in [0.15, 0.2) is 42.5 Å². The predicted molar refractivity (Wildman–Crippen MR) is 96.7 cm³/mol. The summed E-state index contributed by atoms with van der Waals surface area (Å²) in [6.45, 7) is 3.28. The van der Waals surface area contributed by atoms with Crippen LogP contribution < -0.4 is 5.32 Å². The Balaban J connectivity index is 1.69. The minimum atomic E-state index is -0.531. The van der Waals surface area contributed by atoms with Crippen molar-refractivity contribution in [2.45, 2.75) is 6.92 Å². The lowest BCUT2D eigenvalue weighted by Gasteiger charge is -2.34. The average molecular weight is 370 g/mol. The number of carbonyl (C=O) groups excluding carboxylic acids is 3. The zero-order chi connectivity index (χ0) is 19.4. The summed E-state index contributed by atoms with van der Waals surface area (Å²) in [5, 5.41) is 2.55. The lowest BCUT2D eigenvalue weighted by atomic mass is 10.2. The first-order valence-electron chi connectivity index (χ1n) is 8.53. The molecule has 0 atom stereocenters. The van der Waals surface area contributed by atoms with Crippen molar-refractivity contribution in [3.05, 3.63) is 59.7 Å². The lowest BCUT2D eigenvalue weighted by Crippen LogP contribution is -2.50. The number of anilines is 1. The van der Waals surface area contributed by atoms with Crippen LogP contribution in [0.2, 0.25) is 0 Å². The molecule has 27 heavy (non-hydrogen) atoms. The first-order valence-corrected chi connectivity index (χ1v) is 8.53. The molecular weight excluding hydrogens is 351 g/mol. The van der Waals surface area contributed by atoms with Crippen molar-refractivity contribution >= 4 is 23.4 Å². The number of piperazine rings is 1. The molecule has 8 heteroatoms. The quantitative estimate of drug-likeness (QED) is 0.893. The number of amides is 3. The van der Waals surface area contributed by atoms with E-state index in [-0.39, 0.29) is 23.2 Å². The second-order valence-electron chi connectivity index (χ2n) is 6.17. The van der Waals surface area contributed by atoms with E-state index in [1.54, 1.807) is 28.0 Å². The Hall–Kier alpha value is -3.29. The summed E-state index contributed by atoms with van der Waals surface area (Å²) in [4.78, 5) is 43.8. The molecule has 1 saturated heterocycles. The van der Waals surface area contributed by atoms with E-state index in [9.17, 15) is 18.8 Å². The molecule has 0 bridgehead atoms. The van der Waals surface area contributed by atoms with Gasteiger partial charge in [-0.1, -0.05) is 12.1 Å². The van der Waals surface area contributed by atoms with Gasteiger partial charge >= 0.3 is 0 Å². The summed E-state index contributed by atoms with van der Waals surface area (Å²) in [5.41, 5.74) is 0.518. The summed E-state index contributed by atoms with van der Waals surface area (Å²) in [6, 6.07) is 10.1. The van der Waals surface area contributed by atoms with Gasteiger partial charge in [0.2, 0.25) is 5.91 Å². The summed E-state index contributed by atoms with van der Waals surface area (Å²) in [7, 11) is 0. The smallest absolute Gasteiger partial charge is 0.274 e. The van der Waals surface area contributed by atoms with Crippen molar-refractivity contribution in [3.8, 4) is 0 Å². The van der Waals surface area contributed by atoms with Crippen LogP contribution in [0.1, 0.15) is 27.9 Å². The van der Waals surface area contributed by atoms with Crippen molar-refractivity contribution in [3.63, 3.8) is 0 Å². The fourth-order valence-corrected chi connectivity index (χ4v) is 2.83. The van der Waals surface area contributed by atoms with Crippen LogP contribution in [0.4, 0.5) is 10.1 Å². The first kappa shape index (κ1) is 18.5. The van der Waals surface area contributed by atoms with Gasteiger partial charge in [-0.2, -0.15) is 0 Å². The number of hydrogen-bond donors (Lipinski definition) is 1. The molecular formula is C19H19FN4O3. The zero-order valence-electron chi connectivity index (χ0n) is 14.8. The Bertz CT molecular complexity index is 879. The topological polar surface area (TPSA) is 82.6 Å². The van der Waals surface area contributed by atoms with E-state index in [1.165, 1.54) is 31.2 Å². The van der Waals surface area contributed by atoms with E-state index in [4.69, 9.17) is 0 Å². The van der Waals surface area contributed by atoms with Crippen LogP contribution >= 0.6 is 0 Å². The predicted octanol–water partition coefficient (Wildman–Crippen LogP) is 1.78. The molecule has 1 aliphatic heterocycles. The molecule has 2 heterocycles. The number of benzene rings is 1. The second kappa shape index (κ2) is 7.94. The van der Waals surface area contributed by atoms with E-state index in [1.807, 2.05) is 0 Å². The van der Waals surface area contributed by atoms with Crippen LogP contribution in [0.25, 0.3) is 0 Å². The third-order valence-corrected chi connectivity index (χ3v) is 4.30. The molecule has 2 aromatic rings. The third-order valence-electron chi connectivity index (χ3n) is 4.30. The first-order chi connectivity index (χ1) is 12.9. The van der Waals surface area contributed by atoms with E-state index in [0.717, 1.165) is 0 Å². The fourth-order valence-electron chi connectivity index (χ4n) is 2.83. The van der Waals surface area contributed by atoms with Gasteiger partial charge in [-0.25, -0.2) is 9.37 Å². The summed E-state index contributed by atoms with van der Waals surface area (Å²) in [5.74, 6) is -1.30. The molecule has 1 aromatic carbocycles. The molecule has 0 unspecified atom stereocenters. The van der Waals surface area contributed by atoms with Gasteiger partial charge in [-0.15, -0.1) is 0 Å². The highest BCUT2D eigenvalue weighted by Crippen LogP contribution is 2.12. The Kier molecular flexibility index (Phi) is 5.44. The van der Waals surface area contributed by atoms with Crippen molar-refractivity contribution < 1.29 is 18.8 Å². The number of aromatic nitrogens is 1. The van der Waals surface area contributed by atoms with Gasteiger partial charge in [0.15, 0.2) is 0 Å². The Labute approximate surface area is 155 Å². The fraction of sp³-hybridized carbons (Fsp3) is 0.263. The number of halogens is 1. The summed E-state index contributed by atoms with van der Waals surface area (Å²) >= 11 is 0. The van der Waals surface area contributed by atoms with E-state index < -0.39 is 11.7 Å². The van der Waals surface area contributed by atoms with E-state index >= 15 is 0 Å². The maximum Gasteiger partial charge on any atom is 0.274 e. The standard InChI is InChI=1S/C19H19FN4O3/c1-13(25)23-8-10-24(11-9-23)19(27)17-7-3-6-16(22-17)18(26)21-15-5-2-4-14(20)12-15/h2-7,12H,8-11H2,1H3,(H,21,26). The van der Waals surface area contributed by atoms with Crippen molar-refractivity contribution in [2.24, 2.45) is 0 Å². The van der Waals surface area contributed by atoms with Crippen LogP contribution in [0.5, 0.6) is 0 Å². The average Bonchev–Trinajstić information content (AvgIpc) is 2.67. The minimum Gasteiger partial charge on any atom is -0.339 e. The maximum absolute atomic E-state index is 13.2. The highest BCUT2D eigenvalue weighted by Gasteiger charge is 2.24. The van der Waals surface area contributed by atoms with Crippen LogP contribution in [-0.4, -0.2) is 58.7 Å². The van der Waals surface area contributed by atoms with Gasteiger partial charge in [0.05, 0.1) is 0 Å². The summed E-state index contributed by atoms with van der Waals surface area (Å²) in [6.07, 6.45) is 0. The molecule has 1 aliphatic rings. The van der Waals surface area contributed by atoms with Crippen LogP contribution in [0.3, 0.4) is 0 Å². The number of carbonyl (C=O) groups is 3. The number of rotatable bonds is 3. The Morgan fingerprint density at radius 2 is 1.59 bits per heavy atom. The lowest BCUT2D eigenvalue weighted by molar-refractivity contribution is -0.130. The molecule has 0 spiro atoms. The number of hydrogen-bond acceptors (Lipinski definition) is 4. The third kappa shape index (κ3) is 4.46. The second-order valence-corrected chi connectivity index (χ2v) is 6.17. The summed E-state index contributed by atoms with van der Waals surface area (Å²) < 4.78 is 13.2. The molecule has 1 fully saturated rings. The zero-order valence-corrected chi connectivity index (χ0v) is 14.8. The van der Waals surface area contributed by atoms with E-state index in [0.29, 0.717) is 31.9 Å². The normalized spacial score (nSPS) is 14.0. The van der Waals surface area contributed by atoms with Gasteiger partial charge in [-0.05, 0) is 30.3 Å². The molecule has 1 aromatic heterocycles. The molecule has 0 saturated carbocycles. The van der Waals surface area contributed by atoms with Crippen molar-refractivity contribution in [1.82, 2.24) is 14.8 Å². The van der Waals surface area contributed by atoms with Gasteiger partial charge in [0, 0.05) is 38.8 Å². The number of nitrogens with one attached hydrogen (secondary N) is 1. The molecule has 0 aliphatic carbocycles. The molecule has 3 rings (SSSR count). The van der Waals surface area contributed by atoms with Gasteiger partial charge in [0.25, 0.3) is 11.8 Å². The van der Waals surface area contributed by atoms with Crippen molar-refractivity contribution in [1.29, 1.82) is 0 Å². The van der Waals surface area contributed by atoms with Gasteiger partial charge in [-0.3, -0.25) is 14.4 Å². The number of pyridine rings is 1. The Morgan fingerprint density at radius 1 is 0.963 bits per heavy atom. The highest BCUT2D eigenvalue weighted by atomic mass is 19.1. The van der Waals surface area contributed by atoms with Gasteiger partial charge < -0.3 is 15.1 Å². The maximum atomic E-state index is 13.2. The monoisotopic (exact) mass is 370 g/mol. The molecule has 0 radical (unpaired) electrons. The number of nitrogens with zero attached hydrogens (tertiary/aromatic N) is 3. The molecule has 1 N–H and O–H groups in total. The van der Waals surface area contributed by atoms with Crippen LogP contribution in [0, 0.1) is 5.82 Å². The minimum absolute atomic E-state index is 0.0174. The molecule has 3 amide bonds.